The Hall–Kier alpha value is -3.38. The zero-order valence-corrected chi connectivity index (χ0v) is 15.6. The highest BCUT2D eigenvalue weighted by molar-refractivity contribution is 6.33. The summed E-state index contributed by atoms with van der Waals surface area (Å²) < 4.78 is 15.8. The molecule has 0 N–H and O–H groups in total. The van der Waals surface area contributed by atoms with E-state index >= 15 is 0 Å². The zero-order chi connectivity index (χ0) is 19.5. The molecule has 1 heterocycles. The maximum atomic E-state index is 12.6. The van der Waals surface area contributed by atoms with Gasteiger partial charge in [0, 0.05) is 5.56 Å². The molecule has 0 unspecified atom stereocenters. The molecule has 0 saturated carbocycles. The highest BCUT2D eigenvalue weighted by Gasteiger charge is 2.17. The zero-order valence-electron chi connectivity index (χ0n) is 14.9. The van der Waals surface area contributed by atoms with Crippen LogP contribution in [0.5, 0.6) is 5.75 Å². The Morgan fingerprint density at radius 1 is 1.07 bits per heavy atom. The molecule has 4 rings (SSSR count). The molecule has 0 aliphatic heterocycles. The van der Waals surface area contributed by atoms with Crippen molar-refractivity contribution < 1.29 is 18.8 Å². The van der Waals surface area contributed by atoms with E-state index in [0.717, 1.165) is 10.8 Å². The van der Waals surface area contributed by atoms with Crippen LogP contribution in [0.1, 0.15) is 16.2 Å². The fourth-order valence-electron chi connectivity index (χ4n) is 2.82. The molecular formula is C21H15ClN2O4. The van der Waals surface area contributed by atoms with E-state index in [0.29, 0.717) is 27.7 Å². The Morgan fingerprint density at radius 3 is 2.54 bits per heavy atom. The van der Waals surface area contributed by atoms with E-state index in [9.17, 15) is 4.79 Å². The van der Waals surface area contributed by atoms with Gasteiger partial charge >= 0.3 is 5.97 Å². The Morgan fingerprint density at radius 2 is 1.79 bits per heavy atom. The Bertz CT molecular complexity index is 1160. The van der Waals surface area contributed by atoms with Crippen LogP contribution in [0, 0.1) is 0 Å². The van der Waals surface area contributed by atoms with E-state index in [1.807, 2.05) is 36.4 Å². The fourth-order valence-corrected chi connectivity index (χ4v) is 3.04. The summed E-state index contributed by atoms with van der Waals surface area (Å²) in [5.41, 5.74) is 0.966. The van der Waals surface area contributed by atoms with E-state index in [2.05, 4.69) is 10.1 Å². The molecular weight excluding hydrogens is 380 g/mol. The van der Waals surface area contributed by atoms with Gasteiger partial charge in [0.2, 0.25) is 5.82 Å². The number of methoxy groups -OCH3 is 1. The van der Waals surface area contributed by atoms with Crippen molar-refractivity contribution in [2.45, 2.75) is 6.61 Å². The topological polar surface area (TPSA) is 74.5 Å². The molecule has 28 heavy (non-hydrogen) atoms. The highest BCUT2D eigenvalue weighted by atomic mass is 35.5. The van der Waals surface area contributed by atoms with Gasteiger partial charge in [0.25, 0.3) is 5.89 Å². The molecule has 3 aromatic carbocycles. The summed E-state index contributed by atoms with van der Waals surface area (Å²) >= 11 is 6.14. The summed E-state index contributed by atoms with van der Waals surface area (Å²) in [6.07, 6.45) is 0. The van der Waals surface area contributed by atoms with Crippen LogP contribution in [0.4, 0.5) is 0 Å². The Kier molecular flexibility index (Phi) is 4.95. The average Bonchev–Trinajstić information content (AvgIpc) is 3.20. The number of rotatable bonds is 5. The van der Waals surface area contributed by atoms with Crippen LogP contribution in [0.25, 0.3) is 22.2 Å². The van der Waals surface area contributed by atoms with Gasteiger partial charge in [0.1, 0.15) is 11.3 Å². The summed E-state index contributed by atoms with van der Waals surface area (Å²) in [6, 6.07) is 18.4. The number of carbonyl (C=O) groups excluding carboxylic acids is 1. The molecule has 0 aliphatic carbocycles. The second-order valence-corrected chi connectivity index (χ2v) is 6.37. The first-order valence-corrected chi connectivity index (χ1v) is 8.85. The van der Waals surface area contributed by atoms with Gasteiger partial charge in [-0.2, -0.15) is 4.98 Å². The van der Waals surface area contributed by atoms with Crippen LogP contribution < -0.4 is 4.74 Å². The Balaban J connectivity index is 1.52. The van der Waals surface area contributed by atoms with Crippen LogP contribution in [0.2, 0.25) is 5.02 Å². The molecule has 4 aromatic rings. The summed E-state index contributed by atoms with van der Waals surface area (Å²) in [4.78, 5) is 16.8. The third kappa shape index (κ3) is 3.54. The standard InChI is InChI=1S/C21H15ClN2O4/c1-26-18-11-14-7-3-2-6-13(14)10-16(18)21(25)27-12-19-23-20(24-28-19)15-8-4-5-9-17(15)22/h2-11H,12H2,1H3. The number of nitrogens with zero attached hydrogens (tertiary/aromatic N) is 2. The van der Waals surface area contributed by atoms with E-state index < -0.39 is 5.97 Å². The van der Waals surface area contributed by atoms with Gasteiger partial charge in [-0.1, -0.05) is 53.2 Å². The molecule has 0 bridgehead atoms. The summed E-state index contributed by atoms with van der Waals surface area (Å²) in [6.45, 7) is -0.160. The van der Waals surface area contributed by atoms with Gasteiger partial charge in [-0.25, -0.2) is 4.79 Å². The number of fused-ring (bicyclic) bond motifs is 1. The van der Waals surface area contributed by atoms with Crippen LogP contribution in [0.15, 0.2) is 65.2 Å². The minimum atomic E-state index is -0.542. The van der Waals surface area contributed by atoms with Crippen LogP contribution in [-0.4, -0.2) is 23.2 Å². The summed E-state index contributed by atoms with van der Waals surface area (Å²) in [5.74, 6) is 0.397. The van der Waals surface area contributed by atoms with E-state index in [1.54, 1.807) is 24.3 Å². The molecule has 0 spiro atoms. The molecule has 0 radical (unpaired) electrons. The third-order valence-corrected chi connectivity index (χ3v) is 4.53. The number of benzene rings is 3. The lowest BCUT2D eigenvalue weighted by Crippen LogP contribution is -2.07. The second kappa shape index (κ2) is 7.70. The monoisotopic (exact) mass is 394 g/mol. The second-order valence-electron chi connectivity index (χ2n) is 5.97. The summed E-state index contributed by atoms with van der Waals surface area (Å²) in [7, 11) is 1.51. The average molecular weight is 395 g/mol. The van der Waals surface area contributed by atoms with Gasteiger partial charge in [-0.05, 0) is 35.0 Å². The molecule has 7 heteroatoms. The maximum Gasteiger partial charge on any atom is 0.342 e. The lowest BCUT2D eigenvalue weighted by atomic mass is 10.1. The minimum Gasteiger partial charge on any atom is -0.496 e. The quantitative estimate of drug-likeness (QED) is 0.448. The van der Waals surface area contributed by atoms with E-state index in [-0.39, 0.29) is 12.5 Å². The van der Waals surface area contributed by atoms with E-state index in [1.165, 1.54) is 7.11 Å². The van der Waals surface area contributed by atoms with E-state index in [4.69, 9.17) is 25.6 Å². The van der Waals surface area contributed by atoms with Crippen molar-refractivity contribution in [2.75, 3.05) is 7.11 Å². The van der Waals surface area contributed by atoms with Crippen molar-refractivity contribution in [3.05, 3.63) is 77.1 Å². The molecule has 0 amide bonds. The largest absolute Gasteiger partial charge is 0.496 e. The lowest BCUT2D eigenvalue weighted by molar-refractivity contribution is 0.0426. The number of hydrogen-bond donors (Lipinski definition) is 0. The highest BCUT2D eigenvalue weighted by Crippen LogP contribution is 2.27. The number of carbonyl (C=O) groups is 1. The molecule has 0 fully saturated rings. The first-order chi connectivity index (χ1) is 13.7. The van der Waals surface area contributed by atoms with Crippen molar-refractivity contribution in [1.82, 2.24) is 10.1 Å². The molecule has 0 atom stereocenters. The normalized spacial score (nSPS) is 10.8. The number of halogens is 1. The smallest absolute Gasteiger partial charge is 0.342 e. The van der Waals surface area contributed by atoms with Gasteiger partial charge < -0.3 is 14.0 Å². The Labute approximate surface area is 165 Å². The SMILES string of the molecule is COc1cc2ccccc2cc1C(=O)OCc1nc(-c2ccccc2Cl)no1. The molecule has 1 aromatic heterocycles. The van der Waals surface area contributed by atoms with Gasteiger partial charge in [0.05, 0.1) is 12.1 Å². The molecule has 0 aliphatic rings. The third-order valence-electron chi connectivity index (χ3n) is 4.20. The van der Waals surface area contributed by atoms with Gasteiger partial charge in [-0.15, -0.1) is 0 Å². The number of hydrogen-bond acceptors (Lipinski definition) is 6. The molecule has 140 valence electrons. The predicted octanol–water partition coefficient (Wildman–Crippen LogP) is 4.91. The molecule has 6 nitrogen and oxygen atoms in total. The van der Waals surface area contributed by atoms with Crippen molar-refractivity contribution in [3.63, 3.8) is 0 Å². The summed E-state index contributed by atoms with van der Waals surface area (Å²) in [5, 5.41) is 6.27. The molecule has 0 saturated heterocycles. The van der Waals surface area contributed by atoms with Gasteiger partial charge in [-0.3, -0.25) is 0 Å². The fraction of sp³-hybridized carbons (Fsp3) is 0.0952. The van der Waals surface area contributed by atoms with Gasteiger partial charge in [0.15, 0.2) is 6.61 Å². The van der Waals surface area contributed by atoms with Crippen LogP contribution >= 0.6 is 11.6 Å². The van der Waals surface area contributed by atoms with Crippen molar-refractivity contribution in [3.8, 4) is 17.1 Å². The number of aromatic nitrogens is 2. The van der Waals surface area contributed by atoms with Crippen molar-refractivity contribution in [2.24, 2.45) is 0 Å². The number of esters is 1. The van der Waals surface area contributed by atoms with Crippen LogP contribution in [-0.2, 0) is 11.3 Å². The van der Waals surface area contributed by atoms with Crippen LogP contribution in [0.3, 0.4) is 0 Å². The first kappa shape index (κ1) is 18.0. The minimum absolute atomic E-state index is 0.160. The first-order valence-electron chi connectivity index (χ1n) is 8.47. The lowest BCUT2D eigenvalue weighted by Gasteiger charge is -2.09. The number of ether oxygens (including phenoxy) is 2. The van der Waals surface area contributed by atoms with Crippen molar-refractivity contribution in [1.29, 1.82) is 0 Å². The predicted molar refractivity (Wildman–Crippen MR) is 104 cm³/mol. The maximum absolute atomic E-state index is 12.6. The van der Waals surface area contributed by atoms with Crippen molar-refractivity contribution >= 4 is 28.3 Å².